The van der Waals surface area contributed by atoms with Gasteiger partial charge in [-0.2, -0.15) is 0 Å². The van der Waals surface area contributed by atoms with Gasteiger partial charge in [0.1, 0.15) is 12.4 Å². The highest BCUT2D eigenvalue weighted by atomic mass is 16.5. The molecule has 3 nitrogen and oxygen atoms in total. The van der Waals surface area contributed by atoms with Crippen molar-refractivity contribution in [1.82, 2.24) is 0 Å². The predicted molar refractivity (Wildman–Crippen MR) is 105 cm³/mol. The summed E-state index contributed by atoms with van der Waals surface area (Å²) in [5.41, 5.74) is 10.9. The van der Waals surface area contributed by atoms with Crippen LogP contribution in [0.2, 0.25) is 0 Å². The third kappa shape index (κ3) is 4.51. The molecule has 2 N–H and O–H groups in total. The lowest BCUT2D eigenvalue weighted by Crippen LogP contribution is -2.12. The van der Waals surface area contributed by atoms with Gasteiger partial charge in [0.2, 0.25) is 0 Å². The van der Waals surface area contributed by atoms with Gasteiger partial charge in [-0.15, -0.1) is 0 Å². The van der Waals surface area contributed by atoms with E-state index < -0.39 is 0 Å². The highest BCUT2D eigenvalue weighted by molar-refractivity contribution is 5.36. The van der Waals surface area contributed by atoms with E-state index in [0.717, 1.165) is 28.0 Å². The van der Waals surface area contributed by atoms with Crippen molar-refractivity contribution in [3.05, 3.63) is 101 Å². The first-order chi connectivity index (χ1) is 12.7. The fourth-order valence-electron chi connectivity index (χ4n) is 2.82. The summed E-state index contributed by atoms with van der Waals surface area (Å²) in [6, 6.07) is 26.2. The van der Waals surface area contributed by atoms with Crippen LogP contribution >= 0.6 is 0 Å². The molecule has 0 radical (unpaired) electrons. The Morgan fingerprint density at radius 1 is 0.769 bits per heavy atom. The first-order valence-electron chi connectivity index (χ1n) is 8.82. The van der Waals surface area contributed by atoms with Crippen LogP contribution in [-0.4, -0.2) is 7.11 Å². The Bertz CT molecular complexity index is 798. The average Bonchev–Trinajstić information content (AvgIpc) is 2.72. The highest BCUT2D eigenvalue weighted by Crippen LogP contribution is 2.24. The summed E-state index contributed by atoms with van der Waals surface area (Å²) in [6.07, 6.45) is 0.0846. The summed E-state index contributed by atoms with van der Waals surface area (Å²) in [5, 5.41) is 0. The average molecular weight is 347 g/mol. The van der Waals surface area contributed by atoms with E-state index in [1.54, 1.807) is 7.11 Å². The van der Waals surface area contributed by atoms with E-state index in [-0.39, 0.29) is 12.1 Å². The summed E-state index contributed by atoms with van der Waals surface area (Å²) >= 11 is 0. The maximum Gasteiger partial charge on any atom is 0.119 e. The van der Waals surface area contributed by atoms with Crippen LogP contribution in [0.3, 0.4) is 0 Å². The maximum atomic E-state index is 6.42. The number of hydrogen-bond donors (Lipinski definition) is 1. The molecule has 2 unspecified atom stereocenters. The fraction of sp³-hybridized carbons (Fsp3) is 0.217. The van der Waals surface area contributed by atoms with Crippen molar-refractivity contribution < 1.29 is 9.47 Å². The van der Waals surface area contributed by atoms with Gasteiger partial charge in [0, 0.05) is 7.11 Å². The zero-order valence-electron chi connectivity index (χ0n) is 15.3. The molecule has 3 aromatic carbocycles. The molecule has 0 aromatic heterocycles. The number of hydrogen-bond acceptors (Lipinski definition) is 3. The van der Waals surface area contributed by atoms with Gasteiger partial charge >= 0.3 is 0 Å². The minimum Gasteiger partial charge on any atom is -0.489 e. The standard InChI is InChI=1S/C23H25NO2/c1-17(25-2)19-8-10-20(11-9-19)23(24)21-12-14-22(15-13-21)26-16-18-6-4-3-5-7-18/h3-15,17,23H,16,24H2,1-2H3. The zero-order valence-corrected chi connectivity index (χ0v) is 15.3. The molecule has 0 spiro atoms. The molecule has 0 heterocycles. The Kier molecular flexibility index (Phi) is 6.05. The smallest absolute Gasteiger partial charge is 0.119 e. The second kappa shape index (κ2) is 8.65. The van der Waals surface area contributed by atoms with Gasteiger partial charge < -0.3 is 15.2 Å². The predicted octanol–water partition coefficient (Wildman–Crippen LogP) is 5.02. The Morgan fingerprint density at radius 2 is 1.31 bits per heavy atom. The van der Waals surface area contributed by atoms with Crippen LogP contribution < -0.4 is 10.5 Å². The molecular formula is C23H25NO2. The normalized spacial score (nSPS) is 13.2. The Labute approximate surface area is 155 Å². The van der Waals surface area contributed by atoms with Crippen LogP contribution in [0.1, 0.15) is 41.3 Å². The van der Waals surface area contributed by atoms with Crippen molar-refractivity contribution in [2.75, 3.05) is 7.11 Å². The molecular weight excluding hydrogens is 322 g/mol. The minimum atomic E-state index is -0.162. The van der Waals surface area contributed by atoms with Crippen LogP contribution in [0.5, 0.6) is 5.75 Å². The zero-order chi connectivity index (χ0) is 18.4. The van der Waals surface area contributed by atoms with Crippen molar-refractivity contribution in [3.8, 4) is 5.75 Å². The molecule has 2 atom stereocenters. The molecule has 0 bridgehead atoms. The minimum absolute atomic E-state index is 0.0846. The molecule has 3 heteroatoms. The topological polar surface area (TPSA) is 44.5 Å². The molecule has 0 saturated heterocycles. The first kappa shape index (κ1) is 18.2. The van der Waals surface area contributed by atoms with Crippen LogP contribution in [-0.2, 0) is 11.3 Å². The van der Waals surface area contributed by atoms with Crippen molar-refractivity contribution in [3.63, 3.8) is 0 Å². The van der Waals surface area contributed by atoms with Crippen LogP contribution in [0.25, 0.3) is 0 Å². The summed E-state index contributed by atoms with van der Waals surface area (Å²) in [4.78, 5) is 0. The van der Waals surface area contributed by atoms with Crippen LogP contribution in [0, 0.1) is 0 Å². The Morgan fingerprint density at radius 3 is 1.88 bits per heavy atom. The molecule has 0 aliphatic heterocycles. The Balaban J connectivity index is 1.64. The lowest BCUT2D eigenvalue weighted by Gasteiger charge is -2.15. The summed E-state index contributed by atoms with van der Waals surface area (Å²) in [7, 11) is 1.71. The van der Waals surface area contributed by atoms with Gasteiger partial charge in [0.05, 0.1) is 12.1 Å². The molecule has 0 aliphatic carbocycles. The number of methoxy groups -OCH3 is 1. The molecule has 26 heavy (non-hydrogen) atoms. The quantitative estimate of drug-likeness (QED) is 0.652. The largest absolute Gasteiger partial charge is 0.489 e. The molecule has 0 saturated carbocycles. The van der Waals surface area contributed by atoms with Gasteiger partial charge in [-0.1, -0.05) is 66.7 Å². The summed E-state index contributed by atoms with van der Waals surface area (Å²) < 4.78 is 11.2. The van der Waals surface area contributed by atoms with Crippen molar-refractivity contribution in [2.24, 2.45) is 5.73 Å². The van der Waals surface area contributed by atoms with E-state index in [0.29, 0.717) is 6.61 Å². The molecule has 134 valence electrons. The summed E-state index contributed by atoms with van der Waals surface area (Å²) in [5.74, 6) is 0.842. The van der Waals surface area contributed by atoms with Gasteiger partial charge in [-0.25, -0.2) is 0 Å². The molecule has 0 amide bonds. The highest BCUT2D eigenvalue weighted by Gasteiger charge is 2.10. The lowest BCUT2D eigenvalue weighted by molar-refractivity contribution is 0.119. The van der Waals surface area contributed by atoms with E-state index in [9.17, 15) is 0 Å². The SMILES string of the molecule is COC(C)c1ccc(C(N)c2ccc(OCc3ccccc3)cc2)cc1. The fourth-order valence-corrected chi connectivity index (χ4v) is 2.82. The second-order valence-electron chi connectivity index (χ2n) is 6.37. The number of nitrogens with two attached hydrogens (primary N) is 1. The van der Waals surface area contributed by atoms with Crippen LogP contribution in [0.15, 0.2) is 78.9 Å². The number of benzene rings is 3. The van der Waals surface area contributed by atoms with E-state index in [4.69, 9.17) is 15.2 Å². The molecule has 3 rings (SSSR count). The Hall–Kier alpha value is -2.62. The van der Waals surface area contributed by atoms with E-state index >= 15 is 0 Å². The third-order valence-corrected chi connectivity index (χ3v) is 4.61. The van der Waals surface area contributed by atoms with Gasteiger partial charge in [0.15, 0.2) is 0 Å². The second-order valence-corrected chi connectivity index (χ2v) is 6.37. The van der Waals surface area contributed by atoms with E-state index in [2.05, 4.69) is 36.4 Å². The van der Waals surface area contributed by atoms with Crippen LogP contribution in [0.4, 0.5) is 0 Å². The monoisotopic (exact) mass is 347 g/mol. The number of ether oxygens (including phenoxy) is 2. The van der Waals surface area contributed by atoms with Crippen molar-refractivity contribution in [1.29, 1.82) is 0 Å². The van der Waals surface area contributed by atoms with Gasteiger partial charge in [0.25, 0.3) is 0 Å². The molecule has 0 aliphatic rings. The summed E-state index contributed by atoms with van der Waals surface area (Å²) in [6.45, 7) is 2.59. The van der Waals surface area contributed by atoms with Gasteiger partial charge in [-0.05, 0) is 41.3 Å². The van der Waals surface area contributed by atoms with Crippen molar-refractivity contribution in [2.45, 2.75) is 25.7 Å². The number of rotatable bonds is 7. The molecule has 0 fully saturated rings. The lowest BCUT2D eigenvalue weighted by atomic mass is 9.97. The maximum absolute atomic E-state index is 6.42. The first-order valence-corrected chi connectivity index (χ1v) is 8.82. The third-order valence-electron chi connectivity index (χ3n) is 4.61. The van der Waals surface area contributed by atoms with Crippen molar-refractivity contribution >= 4 is 0 Å². The van der Waals surface area contributed by atoms with E-state index in [1.165, 1.54) is 0 Å². The molecule has 3 aromatic rings. The van der Waals surface area contributed by atoms with Gasteiger partial charge in [-0.3, -0.25) is 0 Å². The van der Waals surface area contributed by atoms with E-state index in [1.807, 2.05) is 49.4 Å².